The van der Waals surface area contributed by atoms with Crippen molar-refractivity contribution in [1.82, 2.24) is 5.32 Å². The first kappa shape index (κ1) is 17.0. The van der Waals surface area contributed by atoms with Crippen molar-refractivity contribution in [2.45, 2.75) is 26.3 Å². The van der Waals surface area contributed by atoms with E-state index in [9.17, 15) is 0 Å². The van der Waals surface area contributed by atoms with E-state index in [-0.39, 0.29) is 6.04 Å². The van der Waals surface area contributed by atoms with Crippen LogP contribution in [-0.4, -0.2) is 41.1 Å². The minimum absolute atomic E-state index is 0.230. The molecule has 0 saturated carbocycles. The van der Waals surface area contributed by atoms with Crippen LogP contribution in [0.2, 0.25) is 0 Å². The highest BCUT2D eigenvalue weighted by Crippen LogP contribution is 2.31. The van der Waals surface area contributed by atoms with Crippen molar-refractivity contribution in [3.8, 4) is 5.75 Å². The van der Waals surface area contributed by atoms with Gasteiger partial charge in [-0.05, 0) is 44.5 Å². The van der Waals surface area contributed by atoms with Crippen molar-refractivity contribution in [3.05, 3.63) is 28.8 Å². The predicted octanol–water partition coefficient (Wildman–Crippen LogP) is 2.63. The summed E-state index contributed by atoms with van der Waals surface area (Å²) in [5, 5.41) is 3.35. The maximum Gasteiger partial charge on any atom is 0.124 e. The topological polar surface area (TPSA) is 39.7 Å². The monoisotopic (exact) mass is 281 g/mol. The molecule has 20 heavy (non-hydrogen) atoms. The van der Waals surface area contributed by atoms with Crippen LogP contribution in [0.3, 0.4) is 0 Å². The van der Waals surface area contributed by atoms with Gasteiger partial charge in [0.1, 0.15) is 5.75 Å². The van der Waals surface area contributed by atoms with Crippen molar-refractivity contribution in [3.63, 3.8) is 0 Å². The molecule has 1 aromatic rings. The van der Waals surface area contributed by atoms with Crippen LogP contribution in [0.25, 0.3) is 0 Å². The molecule has 0 aromatic heterocycles. The molecule has 4 nitrogen and oxygen atoms in total. The summed E-state index contributed by atoms with van der Waals surface area (Å²) in [6.45, 7) is 6.18. The average molecular weight is 281 g/mol. The fraction of sp³-hybridized carbons (Fsp3) is 0.625. The first-order valence-corrected chi connectivity index (χ1v) is 7.03. The second kappa shape index (κ2) is 8.95. The lowest BCUT2D eigenvalue weighted by Gasteiger charge is -2.22. The van der Waals surface area contributed by atoms with Gasteiger partial charge in [-0.3, -0.25) is 0 Å². The Morgan fingerprint density at radius 3 is 2.45 bits per heavy atom. The number of nitrogens with one attached hydrogen (secondary N) is 1. The van der Waals surface area contributed by atoms with Crippen molar-refractivity contribution in [2.24, 2.45) is 0 Å². The van der Waals surface area contributed by atoms with E-state index in [1.165, 1.54) is 16.7 Å². The van der Waals surface area contributed by atoms with Gasteiger partial charge in [-0.25, -0.2) is 0 Å². The summed E-state index contributed by atoms with van der Waals surface area (Å²) in [6.07, 6.45) is 0.903. The molecular formula is C16H27NO3. The van der Waals surface area contributed by atoms with E-state index in [4.69, 9.17) is 14.2 Å². The van der Waals surface area contributed by atoms with Crippen LogP contribution < -0.4 is 10.1 Å². The molecule has 0 bridgehead atoms. The summed E-state index contributed by atoms with van der Waals surface area (Å²) < 4.78 is 16.1. The molecule has 4 heteroatoms. The molecule has 114 valence electrons. The van der Waals surface area contributed by atoms with Gasteiger partial charge in [-0.1, -0.05) is 6.07 Å². The molecule has 0 amide bonds. The van der Waals surface area contributed by atoms with Crippen LogP contribution in [0.4, 0.5) is 0 Å². The average Bonchev–Trinajstić information content (AvgIpc) is 2.43. The molecule has 1 aromatic carbocycles. The zero-order chi connectivity index (χ0) is 15.0. The zero-order valence-corrected chi connectivity index (χ0v) is 13.3. The van der Waals surface area contributed by atoms with Crippen molar-refractivity contribution < 1.29 is 14.2 Å². The number of hydrogen-bond donors (Lipinski definition) is 1. The second-order valence-corrected chi connectivity index (χ2v) is 4.93. The van der Waals surface area contributed by atoms with E-state index < -0.39 is 0 Å². The lowest BCUT2D eigenvalue weighted by molar-refractivity contribution is 0.0659. The van der Waals surface area contributed by atoms with Gasteiger partial charge in [0, 0.05) is 25.3 Å². The van der Waals surface area contributed by atoms with E-state index >= 15 is 0 Å². The largest absolute Gasteiger partial charge is 0.496 e. The minimum Gasteiger partial charge on any atom is -0.496 e. The van der Waals surface area contributed by atoms with Crippen molar-refractivity contribution >= 4 is 0 Å². The van der Waals surface area contributed by atoms with Gasteiger partial charge in [0.15, 0.2) is 0 Å². The van der Waals surface area contributed by atoms with Crippen molar-refractivity contribution in [2.75, 3.05) is 41.1 Å². The van der Waals surface area contributed by atoms with E-state index in [0.29, 0.717) is 19.8 Å². The molecule has 0 aliphatic carbocycles. The Balaban J connectivity index is 2.74. The highest BCUT2D eigenvalue weighted by atomic mass is 16.5. The lowest BCUT2D eigenvalue weighted by Crippen LogP contribution is -2.20. The Hall–Kier alpha value is -1.10. The predicted molar refractivity (Wildman–Crippen MR) is 81.6 cm³/mol. The van der Waals surface area contributed by atoms with Crippen LogP contribution in [-0.2, 0) is 9.47 Å². The van der Waals surface area contributed by atoms with Crippen LogP contribution in [0.5, 0.6) is 5.75 Å². The first-order chi connectivity index (χ1) is 9.63. The number of hydrogen-bond acceptors (Lipinski definition) is 4. The Morgan fingerprint density at radius 1 is 1.10 bits per heavy atom. The van der Waals surface area contributed by atoms with Gasteiger partial charge in [0.2, 0.25) is 0 Å². The quantitative estimate of drug-likeness (QED) is 0.706. The van der Waals surface area contributed by atoms with Gasteiger partial charge in [0.25, 0.3) is 0 Å². The van der Waals surface area contributed by atoms with Crippen LogP contribution >= 0.6 is 0 Å². The molecule has 0 radical (unpaired) electrons. The highest BCUT2D eigenvalue weighted by Gasteiger charge is 2.17. The molecular weight excluding hydrogens is 254 g/mol. The summed E-state index contributed by atoms with van der Waals surface area (Å²) in [7, 11) is 5.37. The summed E-state index contributed by atoms with van der Waals surface area (Å²) in [6, 6.07) is 4.50. The van der Waals surface area contributed by atoms with Gasteiger partial charge in [0.05, 0.1) is 20.3 Å². The summed E-state index contributed by atoms with van der Waals surface area (Å²) in [5.74, 6) is 0.943. The fourth-order valence-corrected chi connectivity index (χ4v) is 2.43. The molecule has 1 atom stereocenters. The smallest absolute Gasteiger partial charge is 0.124 e. The van der Waals surface area contributed by atoms with E-state index in [2.05, 4.69) is 31.3 Å². The minimum atomic E-state index is 0.230. The maximum absolute atomic E-state index is 5.56. The molecule has 0 heterocycles. The number of benzene rings is 1. The maximum atomic E-state index is 5.56. The van der Waals surface area contributed by atoms with Crippen molar-refractivity contribution in [1.29, 1.82) is 0 Å². The van der Waals surface area contributed by atoms with E-state index in [0.717, 1.165) is 12.2 Å². The first-order valence-electron chi connectivity index (χ1n) is 7.03. The molecule has 0 fully saturated rings. The molecule has 1 N–H and O–H groups in total. The highest BCUT2D eigenvalue weighted by molar-refractivity contribution is 5.45. The van der Waals surface area contributed by atoms with E-state index in [1.807, 2.05) is 7.05 Å². The molecule has 1 rings (SSSR count). The molecule has 1 unspecified atom stereocenters. The Morgan fingerprint density at radius 2 is 1.85 bits per heavy atom. The Bertz CT molecular complexity index is 407. The van der Waals surface area contributed by atoms with Gasteiger partial charge in [-0.2, -0.15) is 0 Å². The van der Waals surface area contributed by atoms with Crippen LogP contribution in [0.1, 0.15) is 29.2 Å². The molecule has 0 aliphatic rings. The Labute approximate surface area is 122 Å². The van der Waals surface area contributed by atoms with Gasteiger partial charge in [-0.15, -0.1) is 0 Å². The summed E-state index contributed by atoms with van der Waals surface area (Å²) in [4.78, 5) is 0. The zero-order valence-electron chi connectivity index (χ0n) is 13.3. The fourth-order valence-electron chi connectivity index (χ4n) is 2.43. The SMILES string of the molecule is CNC(CCOCCOC)c1c(C)cc(C)cc1OC. The number of ether oxygens (including phenoxy) is 3. The normalized spacial score (nSPS) is 12.4. The third-order valence-electron chi connectivity index (χ3n) is 3.39. The molecule has 0 saturated heterocycles. The van der Waals surface area contributed by atoms with Gasteiger partial charge >= 0.3 is 0 Å². The van der Waals surface area contributed by atoms with E-state index in [1.54, 1.807) is 14.2 Å². The number of rotatable bonds is 9. The van der Waals surface area contributed by atoms with Crippen LogP contribution in [0.15, 0.2) is 12.1 Å². The van der Waals surface area contributed by atoms with Gasteiger partial charge < -0.3 is 19.5 Å². The lowest BCUT2D eigenvalue weighted by atomic mass is 9.96. The number of aryl methyl sites for hydroxylation is 2. The third kappa shape index (κ3) is 4.78. The number of methoxy groups -OCH3 is 2. The molecule has 0 aliphatic heterocycles. The van der Waals surface area contributed by atoms with Crippen LogP contribution in [0, 0.1) is 13.8 Å². The molecule has 0 spiro atoms. The Kier molecular flexibility index (Phi) is 7.59. The standard InChI is InChI=1S/C16H27NO3/c1-12-10-13(2)16(15(11-12)19-5)14(17-3)6-7-20-9-8-18-4/h10-11,14,17H,6-9H2,1-5H3. The summed E-state index contributed by atoms with van der Waals surface area (Å²) >= 11 is 0. The summed E-state index contributed by atoms with van der Waals surface area (Å²) in [5.41, 5.74) is 3.68. The third-order valence-corrected chi connectivity index (χ3v) is 3.39. The second-order valence-electron chi connectivity index (χ2n) is 4.93.